The van der Waals surface area contributed by atoms with Crippen molar-refractivity contribution < 1.29 is 4.79 Å². The highest BCUT2D eigenvalue weighted by molar-refractivity contribution is 5.76. The molecule has 1 aromatic rings. The Bertz CT molecular complexity index is 782. The number of amides is 1. The number of carbonyl (C=O) groups is 1. The van der Waals surface area contributed by atoms with Crippen LogP contribution in [0.3, 0.4) is 0 Å². The molecule has 2 atom stereocenters. The number of nitrogens with one attached hydrogen (secondary N) is 2. The molecule has 0 radical (unpaired) electrons. The normalized spacial score (nSPS) is 30.0. The number of nitrogens with zero attached hydrogens (tertiary/aromatic N) is 2. The second-order valence-electron chi connectivity index (χ2n) is 9.21. The summed E-state index contributed by atoms with van der Waals surface area (Å²) in [5.41, 5.74) is 2.69. The lowest BCUT2D eigenvalue weighted by Gasteiger charge is -2.44. The fourth-order valence-corrected chi connectivity index (χ4v) is 5.65. The average molecular weight is 370 g/mol. The van der Waals surface area contributed by atoms with Crippen molar-refractivity contribution in [1.29, 1.82) is 0 Å². The van der Waals surface area contributed by atoms with Crippen LogP contribution in [0.2, 0.25) is 0 Å². The van der Waals surface area contributed by atoms with Crippen LogP contribution in [-0.2, 0) is 17.9 Å². The van der Waals surface area contributed by atoms with Crippen molar-refractivity contribution in [2.24, 2.45) is 11.3 Å². The van der Waals surface area contributed by atoms with Crippen molar-refractivity contribution in [3.63, 3.8) is 0 Å². The van der Waals surface area contributed by atoms with Gasteiger partial charge in [0.2, 0.25) is 5.91 Å². The van der Waals surface area contributed by atoms with Crippen molar-refractivity contribution >= 4 is 5.91 Å². The van der Waals surface area contributed by atoms with Crippen LogP contribution >= 0.6 is 0 Å². The molecule has 0 aromatic carbocycles. The quantitative estimate of drug-likeness (QED) is 0.817. The molecule has 2 N–H and O–H groups in total. The Hall–Kier alpha value is -1.66. The van der Waals surface area contributed by atoms with E-state index in [9.17, 15) is 9.59 Å². The van der Waals surface area contributed by atoms with Crippen LogP contribution in [0, 0.1) is 11.3 Å². The smallest absolute Gasteiger partial charge is 0.255 e. The van der Waals surface area contributed by atoms with Crippen molar-refractivity contribution in [2.75, 3.05) is 32.7 Å². The number of pyridine rings is 1. The molecular weight excluding hydrogens is 340 g/mol. The third-order valence-corrected chi connectivity index (χ3v) is 7.44. The number of hydrogen-bond acceptors (Lipinski definition) is 4. The SMILES string of the molecule is O=C1CCC2(CCN(Cc3ccc4n(c3=O)C[C@@H]3CNC[C@H]4C3)CC2)CN1. The van der Waals surface area contributed by atoms with Gasteiger partial charge in [0.05, 0.1) is 0 Å². The summed E-state index contributed by atoms with van der Waals surface area (Å²) in [5, 5.41) is 6.56. The van der Waals surface area contributed by atoms with Crippen LogP contribution in [-0.4, -0.2) is 48.1 Å². The summed E-state index contributed by atoms with van der Waals surface area (Å²) >= 11 is 0. The molecule has 5 heterocycles. The molecule has 0 saturated carbocycles. The van der Waals surface area contributed by atoms with Gasteiger partial charge in [-0.1, -0.05) is 6.07 Å². The molecule has 3 saturated heterocycles. The van der Waals surface area contributed by atoms with Crippen LogP contribution in [0.5, 0.6) is 0 Å². The Morgan fingerprint density at radius 3 is 2.74 bits per heavy atom. The Kier molecular flexibility index (Phi) is 4.36. The van der Waals surface area contributed by atoms with Crippen LogP contribution in [0.1, 0.15) is 49.3 Å². The maximum atomic E-state index is 13.1. The summed E-state index contributed by atoms with van der Waals surface area (Å²) in [6.07, 6.45) is 5.15. The predicted molar refractivity (Wildman–Crippen MR) is 104 cm³/mol. The lowest BCUT2D eigenvalue weighted by Crippen LogP contribution is -2.50. The van der Waals surface area contributed by atoms with E-state index in [4.69, 9.17) is 0 Å². The number of aromatic nitrogens is 1. The molecule has 6 heteroatoms. The van der Waals surface area contributed by atoms with Crippen molar-refractivity contribution in [2.45, 2.75) is 51.1 Å². The number of hydrogen-bond donors (Lipinski definition) is 2. The van der Waals surface area contributed by atoms with E-state index in [2.05, 4.69) is 32.2 Å². The zero-order valence-corrected chi connectivity index (χ0v) is 16.0. The van der Waals surface area contributed by atoms with E-state index in [0.717, 1.165) is 70.6 Å². The van der Waals surface area contributed by atoms with Gasteiger partial charge in [0.25, 0.3) is 5.56 Å². The number of likely N-dealkylation sites (tertiary alicyclic amines) is 1. The van der Waals surface area contributed by atoms with Crippen LogP contribution in [0.15, 0.2) is 16.9 Å². The molecule has 5 rings (SSSR count). The third kappa shape index (κ3) is 3.23. The molecule has 27 heavy (non-hydrogen) atoms. The van der Waals surface area contributed by atoms with E-state index in [1.54, 1.807) is 0 Å². The highest BCUT2D eigenvalue weighted by atomic mass is 16.1. The van der Waals surface area contributed by atoms with Gasteiger partial charge in [-0.3, -0.25) is 14.5 Å². The number of piperidine rings is 3. The van der Waals surface area contributed by atoms with E-state index in [-0.39, 0.29) is 11.5 Å². The third-order valence-electron chi connectivity index (χ3n) is 7.44. The van der Waals surface area contributed by atoms with Gasteiger partial charge in [0.15, 0.2) is 0 Å². The topological polar surface area (TPSA) is 66.4 Å². The Labute approximate surface area is 160 Å². The summed E-state index contributed by atoms with van der Waals surface area (Å²) in [5.74, 6) is 1.29. The van der Waals surface area contributed by atoms with Crippen LogP contribution in [0.25, 0.3) is 0 Å². The van der Waals surface area contributed by atoms with E-state index in [1.165, 1.54) is 12.1 Å². The molecule has 6 nitrogen and oxygen atoms in total. The standard InChI is InChI=1S/C21H30N4O2/c26-19-3-4-21(14-23-19)5-7-24(8-6-21)13-16-1-2-18-17-9-15(10-22-11-17)12-25(18)20(16)27/h1-2,15,17,22H,3-14H2,(H,23,26)/t15-,17+/m0/s1. The summed E-state index contributed by atoms with van der Waals surface area (Å²) in [6.45, 7) is 6.54. The van der Waals surface area contributed by atoms with Crippen LogP contribution in [0.4, 0.5) is 0 Å². The molecule has 0 aliphatic carbocycles. The lowest BCUT2D eigenvalue weighted by molar-refractivity contribution is -0.125. The van der Waals surface area contributed by atoms with Gasteiger partial charge in [-0.25, -0.2) is 0 Å². The molecular formula is C21H30N4O2. The molecule has 146 valence electrons. The van der Waals surface area contributed by atoms with Gasteiger partial charge in [0, 0.05) is 49.8 Å². The van der Waals surface area contributed by atoms with E-state index < -0.39 is 0 Å². The van der Waals surface area contributed by atoms with Gasteiger partial charge in [-0.15, -0.1) is 0 Å². The molecule has 2 bridgehead atoms. The first-order valence-corrected chi connectivity index (χ1v) is 10.5. The molecule has 3 fully saturated rings. The largest absolute Gasteiger partial charge is 0.356 e. The van der Waals surface area contributed by atoms with Crippen molar-refractivity contribution in [3.05, 3.63) is 33.7 Å². The fraction of sp³-hybridized carbons (Fsp3) is 0.714. The number of carbonyl (C=O) groups excluding carboxylic acids is 1. The molecule has 4 aliphatic rings. The minimum absolute atomic E-state index is 0.199. The maximum absolute atomic E-state index is 13.1. The maximum Gasteiger partial charge on any atom is 0.255 e. The van der Waals surface area contributed by atoms with E-state index in [1.807, 2.05) is 0 Å². The summed E-state index contributed by atoms with van der Waals surface area (Å²) in [6, 6.07) is 4.28. The second-order valence-corrected chi connectivity index (χ2v) is 9.21. The zero-order valence-electron chi connectivity index (χ0n) is 16.0. The first kappa shape index (κ1) is 17.4. The molecule has 1 spiro atoms. The monoisotopic (exact) mass is 370 g/mol. The van der Waals surface area contributed by atoms with Gasteiger partial charge in [0.1, 0.15) is 0 Å². The highest BCUT2D eigenvalue weighted by Gasteiger charge is 2.38. The Morgan fingerprint density at radius 1 is 1.11 bits per heavy atom. The average Bonchev–Trinajstić information content (AvgIpc) is 2.69. The first-order valence-electron chi connectivity index (χ1n) is 10.5. The molecule has 0 unspecified atom stereocenters. The van der Waals surface area contributed by atoms with Crippen molar-refractivity contribution in [1.82, 2.24) is 20.1 Å². The lowest BCUT2D eigenvalue weighted by atomic mass is 9.73. The zero-order chi connectivity index (χ0) is 18.4. The molecule has 1 aromatic heterocycles. The molecule has 4 aliphatic heterocycles. The predicted octanol–water partition coefficient (Wildman–Crippen LogP) is 1.05. The summed E-state index contributed by atoms with van der Waals surface area (Å²) < 4.78 is 2.07. The highest BCUT2D eigenvalue weighted by Crippen LogP contribution is 2.38. The van der Waals surface area contributed by atoms with E-state index in [0.29, 0.717) is 23.7 Å². The van der Waals surface area contributed by atoms with Crippen molar-refractivity contribution in [3.8, 4) is 0 Å². The Morgan fingerprint density at radius 2 is 1.96 bits per heavy atom. The minimum atomic E-state index is 0.199. The van der Waals surface area contributed by atoms with Gasteiger partial charge in [-0.2, -0.15) is 0 Å². The summed E-state index contributed by atoms with van der Waals surface area (Å²) in [4.78, 5) is 27.0. The van der Waals surface area contributed by atoms with Gasteiger partial charge < -0.3 is 15.2 Å². The minimum Gasteiger partial charge on any atom is -0.356 e. The van der Waals surface area contributed by atoms with Crippen LogP contribution < -0.4 is 16.2 Å². The number of fused-ring (bicyclic) bond motifs is 4. The molecule has 1 amide bonds. The first-order chi connectivity index (χ1) is 13.1. The van der Waals surface area contributed by atoms with E-state index >= 15 is 0 Å². The second kappa shape index (κ2) is 6.74. The Balaban J connectivity index is 1.28. The van der Waals surface area contributed by atoms with Gasteiger partial charge in [-0.05, 0) is 62.7 Å². The van der Waals surface area contributed by atoms with Gasteiger partial charge >= 0.3 is 0 Å². The summed E-state index contributed by atoms with van der Waals surface area (Å²) in [7, 11) is 0. The number of rotatable bonds is 2. The fourth-order valence-electron chi connectivity index (χ4n) is 5.65.